The van der Waals surface area contributed by atoms with Crippen molar-refractivity contribution in [2.75, 3.05) is 44.2 Å². The molecule has 164 valence electrons. The first-order valence-corrected chi connectivity index (χ1v) is 11.4. The molecule has 1 fully saturated rings. The maximum atomic E-state index is 11.6. The second-order valence-corrected chi connectivity index (χ2v) is 8.60. The fourth-order valence-electron chi connectivity index (χ4n) is 3.91. The molecule has 1 aliphatic rings. The van der Waals surface area contributed by atoms with E-state index in [1.807, 2.05) is 13.0 Å². The predicted octanol–water partition coefficient (Wildman–Crippen LogP) is 5.26. The topological polar surface area (TPSA) is 32.8 Å². The van der Waals surface area contributed by atoms with E-state index < -0.39 is 0 Å². The van der Waals surface area contributed by atoms with E-state index in [-0.39, 0.29) is 18.4 Å². The van der Waals surface area contributed by atoms with Crippen molar-refractivity contribution in [3.05, 3.63) is 71.1 Å². The summed E-state index contributed by atoms with van der Waals surface area (Å²) >= 11 is 1.71. The molecule has 0 bridgehead atoms. The van der Waals surface area contributed by atoms with Gasteiger partial charge >= 0.3 is 5.97 Å². The number of benzene rings is 2. The molecule has 2 heterocycles. The zero-order chi connectivity index (χ0) is 20.8. The second-order valence-electron chi connectivity index (χ2n) is 7.49. The van der Waals surface area contributed by atoms with Gasteiger partial charge in [0.05, 0.1) is 6.61 Å². The van der Waals surface area contributed by atoms with E-state index in [2.05, 4.69) is 64.4 Å². The Morgan fingerprint density at radius 1 is 1.06 bits per heavy atom. The fraction of sp³-hybridized carbons (Fsp3) is 0.320. The maximum Gasteiger partial charge on any atom is 0.330 e. The first-order valence-electron chi connectivity index (χ1n) is 10.6. The summed E-state index contributed by atoms with van der Waals surface area (Å²) in [6.45, 7) is 7.58. The van der Waals surface area contributed by atoms with Gasteiger partial charge in [0.2, 0.25) is 0 Å². The van der Waals surface area contributed by atoms with Gasteiger partial charge in [-0.05, 0) is 43.2 Å². The number of piperazine rings is 1. The zero-order valence-corrected chi connectivity index (χ0v) is 19.5. The van der Waals surface area contributed by atoms with Crippen molar-refractivity contribution in [1.82, 2.24) is 4.90 Å². The van der Waals surface area contributed by atoms with Gasteiger partial charge in [-0.25, -0.2) is 4.79 Å². The average molecular weight is 457 g/mol. The van der Waals surface area contributed by atoms with Crippen molar-refractivity contribution < 1.29 is 9.53 Å². The molecular formula is C25H29ClN2O2S. The minimum Gasteiger partial charge on any atom is -0.463 e. The molecule has 1 aromatic heterocycles. The van der Waals surface area contributed by atoms with E-state index >= 15 is 0 Å². The molecule has 1 saturated heterocycles. The number of thiophene rings is 1. The van der Waals surface area contributed by atoms with Crippen LogP contribution in [0.5, 0.6) is 0 Å². The number of hydrogen-bond donors (Lipinski definition) is 0. The summed E-state index contributed by atoms with van der Waals surface area (Å²) in [5, 5.41) is 1.27. The lowest BCUT2D eigenvalue weighted by Crippen LogP contribution is -2.47. The molecule has 0 radical (unpaired) electrons. The minimum atomic E-state index is -0.290. The first-order chi connectivity index (χ1) is 14.7. The number of carbonyl (C=O) groups is 1. The SMILES string of the molecule is CCOC(=O)/C=C/c1cc2c(N3CCN(CCc4ccccc4)CC3)cccc2s1.Cl. The number of ether oxygens (including phenoxy) is 1. The quantitative estimate of drug-likeness (QED) is 0.358. The Hall–Kier alpha value is -2.34. The highest BCUT2D eigenvalue weighted by molar-refractivity contribution is 7.20. The molecule has 0 N–H and O–H groups in total. The Bertz CT molecular complexity index is 1010. The summed E-state index contributed by atoms with van der Waals surface area (Å²) in [6.07, 6.45) is 4.48. The third-order valence-corrected chi connectivity index (χ3v) is 6.57. The maximum absolute atomic E-state index is 11.6. The van der Waals surface area contributed by atoms with Crippen LogP contribution in [0.25, 0.3) is 16.2 Å². The van der Waals surface area contributed by atoms with E-state index in [9.17, 15) is 4.79 Å². The van der Waals surface area contributed by atoms with Crippen LogP contribution in [0, 0.1) is 0 Å². The summed E-state index contributed by atoms with van der Waals surface area (Å²) in [5.41, 5.74) is 2.70. The highest BCUT2D eigenvalue weighted by atomic mass is 35.5. The van der Waals surface area contributed by atoms with Gasteiger partial charge < -0.3 is 9.64 Å². The highest BCUT2D eigenvalue weighted by Crippen LogP contribution is 2.34. The monoisotopic (exact) mass is 456 g/mol. The molecule has 0 atom stereocenters. The average Bonchev–Trinajstić information content (AvgIpc) is 3.21. The molecule has 6 heteroatoms. The van der Waals surface area contributed by atoms with Gasteiger partial charge in [-0.1, -0.05) is 36.4 Å². The van der Waals surface area contributed by atoms with Gasteiger partial charge in [0.25, 0.3) is 0 Å². The Balaban J connectivity index is 0.00000272. The molecule has 31 heavy (non-hydrogen) atoms. The normalized spacial score (nSPS) is 14.7. The summed E-state index contributed by atoms with van der Waals surface area (Å²) in [7, 11) is 0. The Morgan fingerprint density at radius 2 is 1.84 bits per heavy atom. The lowest BCUT2D eigenvalue weighted by Gasteiger charge is -2.36. The number of halogens is 1. The highest BCUT2D eigenvalue weighted by Gasteiger charge is 2.19. The van der Waals surface area contributed by atoms with Crippen LogP contribution in [0.2, 0.25) is 0 Å². The number of nitrogens with zero attached hydrogens (tertiary/aromatic N) is 2. The lowest BCUT2D eigenvalue weighted by molar-refractivity contribution is -0.137. The number of fused-ring (bicyclic) bond motifs is 1. The third kappa shape index (κ3) is 6.10. The van der Waals surface area contributed by atoms with Crippen molar-refractivity contribution in [1.29, 1.82) is 0 Å². The largest absolute Gasteiger partial charge is 0.463 e. The molecule has 0 amide bonds. The van der Waals surface area contributed by atoms with Crippen molar-refractivity contribution in [3.8, 4) is 0 Å². The number of hydrogen-bond acceptors (Lipinski definition) is 5. The lowest BCUT2D eigenvalue weighted by atomic mass is 10.1. The Kier molecular flexibility index (Phi) is 8.52. The molecule has 1 aliphatic heterocycles. The van der Waals surface area contributed by atoms with Crippen LogP contribution in [0.3, 0.4) is 0 Å². The number of anilines is 1. The van der Waals surface area contributed by atoms with E-state index in [4.69, 9.17) is 4.74 Å². The van der Waals surface area contributed by atoms with Crippen LogP contribution in [0.4, 0.5) is 5.69 Å². The van der Waals surface area contributed by atoms with Crippen LogP contribution in [-0.4, -0.2) is 50.2 Å². The third-order valence-electron chi connectivity index (χ3n) is 5.50. The molecule has 0 saturated carbocycles. The molecule has 4 nitrogen and oxygen atoms in total. The minimum absolute atomic E-state index is 0. The van der Waals surface area contributed by atoms with E-state index in [1.165, 1.54) is 27.4 Å². The van der Waals surface area contributed by atoms with Crippen LogP contribution in [0.15, 0.2) is 60.7 Å². The Labute approximate surface area is 194 Å². The molecule has 0 spiro atoms. The standard InChI is InChI=1S/C25H28N2O2S.ClH/c1-2-29-25(28)12-11-21-19-22-23(9-6-10-24(22)30-21)27-17-15-26(16-18-27)14-13-20-7-4-3-5-8-20;/h3-12,19H,2,13-18H2,1H3;1H/b12-11+;. The molecular weight excluding hydrogens is 428 g/mol. The predicted molar refractivity (Wildman–Crippen MR) is 134 cm³/mol. The van der Waals surface area contributed by atoms with Crippen LogP contribution >= 0.6 is 23.7 Å². The van der Waals surface area contributed by atoms with Crippen molar-refractivity contribution in [2.45, 2.75) is 13.3 Å². The summed E-state index contributed by atoms with van der Waals surface area (Å²) < 4.78 is 6.23. The Morgan fingerprint density at radius 3 is 2.58 bits per heavy atom. The second kappa shape index (κ2) is 11.3. The smallest absolute Gasteiger partial charge is 0.330 e. The molecule has 0 unspecified atom stereocenters. The van der Waals surface area contributed by atoms with E-state index in [0.29, 0.717) is 6.61 Å². The molecule has 3 aromatic rings. The van der Waals surface area contributed by atoms with E-state index in [0.717, 1.165) is 44.0 Å². The van der Waals surface area contributed by atoms with Gasteiger partial charge in [0.15, 0.2) is 0 Å². The number of rotatable bonds is 7. The summed E-state index contributed by atoms with van der Waals surface area (Å²) in [4.78, 5) is 17.7. The van der Waals surface area contributed by atoms with Crippen molar-refractivity contribution >= 4 is 51.6 Å². The van der Waals surface area contributed by atoms with Crippen LogP contribution in [0.1, 0.15) is 17.4 Å². The first kappa shape index (κ1) is 23.3. The molecule has 0 aliphatic carbocycles. The zero-order valence-electron chi connectivity index (χ0n) is 17.8. The fourth-order valence-corrected chi connectivity index (χ4v) is 4.89. The van der Waals surface area contributed by atoms with Gasteiger partial charge in [-0.2, -0.15) is 0 Å². The van der Waals surface area contributed by atoms with Gasteiger partial charge in [-0.15, -0.1) is 23.7 Å². The molecule has 4 rings (SSSR count). The van der Waals surface area contributed by atoms with Gasteiger partial charge in [0.1, 0.15) is 0 Å². The number of carbonyl (C=O) groups excluding carboxylic acids is 1. The van der Waals surface area contributed by atoms with Gasteiger partial charge in [0, 0.05) is 59.5 Å². The van der Waals surface area contributed by atoms with E-state index in [1.54, 1.807) is 11.3 Å². The summed E-state index contributed by atoms with van der Waals surface area (Å²) in [5.74, 6) is -0.290. The molecule has 2 aromatic carbocycles. The summed E-state index contributed by atoms with van der Waals surface area (Å²) in [6, 6.07) is 19.4. The van der Waals surface area contributed by atoms with Crippen molar-refractivity contribution in [3.63, 3.8) is 0 Å². The van der Waals surface area contributed by atoms with Gasteiger partial charge in [-0.3, -0.25) is 4.90 Å². The van der Waals surface area contributed by atoms with Crippen LogP contribution < -0.4 is 4.90 Å². The number of esters is 1. The van der Waals surface area contributed by atoms with Crippen molar-refractivity contribution in [2.24, 2.45) is 0 Å². The van der Waals surface area contributed by atoms with Crippen LogP contribution in [-0.2, 0) is 16.0 Å².